The Balaban J connectivity index is 1.38. The van der Waals surface area contributed by atoms with E-state index in [0.717, 1.165) is 18.4 Å². The molecule has 0 amide bonds. The summed E-state index contributed by atoms with van der Waals surface area (Å²) in [7, 11) is 1.79. The van der Waals surface area contributed by atoms with Crippen LogP contribution in [0.15, 0.2) is 54.6 Å². The van der Waals surface area contributed by atoms with Crippen molar-refractivity contribution in [2.24, 2.45) is 0 Å². The smallest absolute Gasteiger partial charge is 0.166 e. The van der Waals surface area contributed by atoms with Crippen LogP contribution in [0.4, 0.5) is 13.2 Å². The quantitative estimate of drug-likeness (QED) is 0.216. The van der Waals surface area contributed by atoms with Crippen LogP contribution in [-0.4, -0.2) is 27.4 Å². The molecule has 0 atom stereocenters. The Bertz CT molecular complexity index is 1140. The molecular weight excluding hydrogens is 460 g/mol. The van der Waals surface area contributed by atoms with Crippen LogP contribution in [0.25, 0.3) is 22.3 Å². The first-order valence-corrected chi connectivity index (χ1v) is 13.1. The first-order chi connectivity index (χ1) is 17.5. The van der Waals surface area contributed by atoms with Crippen molar-refractivity contribution in [1.29, 1.82) is 0 Å². The minimum absolute atomic E-state index is 0.00349. The molecule has 1 aliphatic rings. The van der Waals surface area contributed by atoms with Crippen molar-refractivity contribution in [2.75, 3.05) is 13.2 Å². The lowest BCUT2D eigenvalue weighted by Gasteiger charge is -2.30. The maximum atomic E-state index is 15.1. The lowest BCUT2D eigenvalue weighted by molar-refractivity contribution is -0.190. The molecule has 1 aliphatic heterocycles. The van der Waals surface area contributed by atoms with Gasteiger partial charge in [-0.1, -0.05) is 87.5 Å². The van der Waals surface area contributed by atoms with E-state index in [2.05, 4.69) is 6.92 Å². The summed E-state index contributed by atoms with van der Waals surface area (Å²) in [5.41, 5.74) is 3.08. The molecule has 0 N–H and O–H groups in total. The highest BCUT2D eigenvalue weighted by molar-refractivity contribution is 6.08. The summed E-state index contributed by atoms with van der Waals surface area (Å²) in [6, 6.07) is 15.3. The minimum atomic E-state index is -0.853. The van der Waals surface area contributed by atoms with Crippen LogP contribution in [0.2, 0.25) is 0 Å². The monoisotopic (exact) mass is 494 g/mol. The molecule has 36 heavy (non-hydrogen) atoms. The molecule has 0 saturated carbocycles. The highest BCUT2D eigenvalue weighted by Gasteiger charge is 2.24. The van der Waals surface area contributed by atoms with E-state index in [1.807, 2.05) is 6.07 Å². The molecular formula is C30H34BF3O2. The first-order valence-electron chi connectivity index (χ1n) is 13.1. The standard InChI is InChI=1S/C30H34BF3O2/c1-2-3-4-5-6-7-28-35-18-24(19-36-28)22-12-14-25(27(32)16-22)20-8-10-21(11-9-20)26-15-13-23(17-31)29(33)30(26)34/h8-16,24,28H,2-7,17-19,31H2,1H3. The molecule has 0 radical (unpaired) electrons. The lowest BCUT2D eigenvalue weighted by Crippen LogP contribution is -2.30. The van der Waals surface area contributed by atoms with E-state index in [-0.39, 0.29) is 23.6 Å². The fraction of sp³-hybridized carbons (Fsp3) is 0.400. The summed E-state index contributed by atoms with van der Waals surface area (Å²) in [6.45, 7) is 3.25. The zero-order chi connectivity index (χ0) is 25.5. The maximum Gasteiger partial charge on any atom is 0.166 e. The predicted octanol–water partition coefficient (Wildman–Crippen LogP) is 7.39. The predicted molar refractivity (Wildman–Crippen MR) is 141 cm³/mol. The Morgan fingerprint density at radius 2 is 1.42 bits per heavy atom. The fourth-order valence-electron chi connectivity index (χ4n) is 4.75. The maximum absolute atomic E-state index is 15.1. The van der Waals surface area contributed by atoms with E-state index < -0.39 is 11.6 Å². The molecule has 6 heteroatoms. The molecule has 3 aromatic carbocycles. The Morgan fingerprint density at radius 3 is 2.06 bits per heavy atom. The van der Waals surface area contributed by atoms with Crippen molar-refractivity contribution in [1.82, 2.24) is 0 Å². The zero-order valence-corrected chi connectivity index (χ0v) is 21.2. The lowest BCUT2D eigenvalue weighted by atomic mass is 9.93. The summed E-state index contributed by atoms with van der Waals surface area (Å²) in [5.74, 6) is -2.00. The van der Waals surface area contributed by atoms with Gasteiger partial charge in [0.15, 0.2) is 17.9 Å². The third-order valence-corrected chi connectivity index (χ3v) is 7.02. The summed E-state index contributed by atoms with van der Waals surface area (Å²) >= 11 is 0. The molecule has 3 aromatic rings. The van der Waals surface area contributed by atoms with Gasteiger partial charge in [-0.3, -0.25) is 0 Å². The van der Waals surface area contributed by atoms with Gasteiger partial charge in [0, 0.05) is 17.0 Å². The largest absolute Gasteiger partial charge is 0.352 e. The minimum Gasteiger partial charge on any atom is -0.352 e. The highest BCUT2D eigenvalue weighted by Crippen LogP contribution is 2.32. The van der Waals surface area contributed by atoms with Gasteiger partial charge >= 0.3 is 0 Å². The zero-order valence-electron chi connectivity index (χ0n) is 21.2. The van der Waals surface area contributed by atoms with Crippen LogP contribution in [0, 0.1) is 17.5 Å². The van der Waals surface area contributed by atoms with Crippen LogP contribution in [-0.2, 0) is 15.8 Å². The SMILES string of the molecule is BCc1ccc(-c2ccc(-c3ccc(C4COC(CCCCCCC)OC4)cc3F)cc2)c(F)c1F. The second kappa shape index (κ2) is 12.6. The van der Waals surface area contributed by atoms with Gasteiger partial charge in [0.2, 0.25) is 0 Å². The molecule has 0 unspecified atom stereocenters. The van der Waals surface area contributed by atoms with Gasteiger partial charge in [-0.25, -0.2) is 13.2 Å². The summed E-state index contributed by atoms with van der Waals surface area (Å²) in [6.07, 6.45) is 7.21. The number of benzene rings is 3. The van der Waals surface area contributed by atoms with Crippen molar-refractivity contribution in [3.05, 3.63) is 83.2 Å². The van der Waals surface area contributed by atoms with E-state index in [4.69, 9.17) is 9.47 Å². The van der Waals surface area contributed by atoms with Gasteiger partial charge in [0.1, 0.15) is 13.7 Å². The third kappa shape index (κ3) is 6.22. The van der Waals surface area contributed by atoms with E-state index in [0.29, 0.717) is 41.8 Å². The average Bonchev–Trinajstić information content (AvgIpc) is 2.91. The topological polar surface area (TPSA) is 18.5 Å². The molecule has 1 heterocycles. The molecule has 1 fully saturated rings. The average molecular weight is 494 g/mol. The van der Waals surface area contributed by atoms with E-state index in [1.165, 1.54) is 25.7 Å². The molecule has 0 spiro atoms. The van der Waals surface area contributed by atoms with Crippen molar-refractivity contribution in [2.45, 2.75) is 64.0 Å². The summed E-state index contributed by atoms with van der Waals surface area (Å²) in [4.78, 5) is 0. The van der Waals surface area contributed by atoms with Crippen molar-refractivity contribution >= 4 is 7.85 Å². The molecule has 0 bridgehead atoms. The molecule has 0 aliphatic carbocycles. The van der Waals surface area contributed by atoms with Crippen LogP contribution >= 0.6 is 0 Å². The molecule has 1 saturated heterocycles. The van der Waals surface area contributed by atoms with Gasteiger partial charge in [0.25, 0.3) is 0 Å². The molecule has 2 nitrogen and oxygen atoms in total. The Kier molecular flexibility index (Phi) is 9.27. The van der Waals surface area contributed by atoms with Gasteiger partial charge in [0.05, 0.1) is 13.2 Å². The number of unbranched alkanes of at least 4 members (excludes halogenated alkanes) is 4. The number of hydrogen-bond donors (Lipinski definition) is 0. The van der Waals surface area contributed by atoms with E-state index >= 15 is 4.39 Å². The molecule has 4 rings (SSSR count). The number of rotatable bonds is 10. The van der Waals surface area contributed by atoms with Gasteiger partial charge in [-0.15, -0.1) is 0 Å². The summed E-state index contributed by atoms with van der Waals surface area (Å²) in [5, 5.41) is 0. The second-order valence-corrected chi connectivity index (χ2v) is 9.57. The first kappa shape index (κ1) is 26.5. The van der Waals surface area contributed by atoms with Crippen LogP contribution < -0.4 is 0 Å². The van der Waals surface area contributed by atoms with Crippen LogP contribution in [0.1, 0.15) is 62.5 Å². The van der Waals surface area contributed by atoms with E-state index in [1.54, 1.807) is 56.4 Å². The Labute approximate surface area is 213 Å². The Hall–Kier alpha value is -2.57. The van der Waals surface area contributed by atoms with Crippen LogP contribution in [0.5, 0.6) is 0 Å². The number of ether oxygens (including phenoxy) is 2. The molecule has 190 valence electrons. The van der Waals surface area contributed by atoms with E-state index in [9.17, 15) is 8.78 Å². The van der Waals surface area contributed by atoms with Crippen LogP contribution in [0.3, 0.4) is 0 Å². The summed E-state index contributed by atoms with van der Waals surface area (Å²) < 4.78 is 55.6. The normalized spacial score (nSPS) is 17.9. The Morgan fingerprint density at radius 1 is 0.778 bits per heavy atom. The van der Waals surface area contributed by atoms with Gasteiger partial charge in [-0.05, 0) is 41.2 Å². The highest BCUT2D eigenvalue weighted by atomic mass is 19.2. The third-order valence-electron chi connectivity index (χ3n) is 7.02. The second-order valence-electron chi connectivity index (χ2n) is 9.57. The molecule has 0 aromatic heterocycles. The number of hydrogen-bond acceptors (Lipinski definition) is 2. The van der Waals surface area contributed by atoms with Crippen molar-refractivity contribution in [3.8, 4) is 22.3 Å². The van der Waals surface area contributed by atoms with Gasteiger partial charge in [-0.2, -0.15) is 0 Å². The van der Waals surface area contributed by atoms with Gasteiger partial charge < -0.3 is 9.47 Å². The fourth-order valence-corrected chi connectivity index (χ4v) is 4.75. The number of halogens is 3. The van der Waals surface area contributed by atoms with Crippen molar-refractivity contribution < 1.29 is 22.6 Å². The van der Waals surface area contributed by atoms with Crippen molar-refractivity contribution in [3.63, 3.8) is 0 Å².